The van der Waals surface area contributed by atoms with Gasteiger partial charge in [-0.3, -0.25) is 4.79 Å². The number of nitrogens with two attached hydrogens (primary N) is 1. The number of sulfonamides is 1. The molecule has 0 heterocycles. The van der Waals surface area contributed by atoms with Crippen molar-refractivity contribution in [2.75, 3.05) is 13.2 Å². The van der Waals surface area contributed by atoms with Crippen LogP contribution in [0.2, 0.25) is 0 Å². The Morgan fingerprint density at radius 1 is 1.15 bits per heavy atom. The topological polar surface area (TPSA) is 98.5 Å². The van der Waals surface area contributed by atoms with Crippen LogP contribution in [0.5, 0.6) is 5.75 Å². The van der Waals surface area contributed by atoms with Gasteiger partial charge in [0.25, 0.3) is 5.91 Å². The van der Waals surface area contributed by atoms with Crippen LogP contribution in [0.1, 0.15) is 21.5 Å². The van der Waals surface area contributed by atoms with E-state index < -0.39 is 15.9 Å². The molecule has 0 bridgehead atoms. The number of para-hydroxylation sites is 1. The van der Waals surface area contributed by atoms with Gasteiger partial charge in [0, 0.05) is 0 Å². The summed E-state index contributed by atoms with van der Waals surface area (Å²) in [6.07, 6.45) is 0. The molecule has 0 fully saturated rings. The number of nitrogens with one attached hydrogen (secondary N) is 1. The van der Waals surface area contributed by atoms with E-state index in [0.29, 0.717) is 11.3 Å². The molecule has 7 heteroatoms. The molecule has 0 aliphatic rings. The van der Waals surface area contributed by atoms with Crippen LogP contribution in [0.15, 0.2) is 47.4 Å². The van der Waals surface area contributed by atoms with Crippen LogP contribution in [-0.2, 0) is 10.0 Å². The maximum absolute atomic E-state index is 12.3. The lowest BCUT2D eigenvalue weighted by Gasteiger charge is -2.08. The van der Waals surface area contributed by atoms with Crippen molar-refractivity contribution in [3.05, 3.63) is 59.2 Å². The first kappa shape index (κ1) is 19.5. The fraction of sp³-hybridized carbons (Fsp3) is 0.211. The summed E-state index contributed by atoms with van der Waals surface area (Å²) in [5.74, 6) is 5.13. The van der Waals surface area contributed by atoms with Crippen LogP contribution in [0.25, 0.3) is 0 Å². The Balaban J connectivity index is 1.92. The highest BCUT2D eigenvalue weighted by molar-refractivity contribution is 7.89. The number of aryl methyl sites for hydroxylation is 2. The maximum atomic E-state index is 12.3. The molecular formula is C19H20N2O4S. The van der Waals surface area contributed by atoms with Gasteiger partial charge in [-0.2, -0.15) is 4.72 Å². The quantitative estimate of drug-likeness (QED) is 0.755. The number of ether oxygens (including phenoxy) is 1. The van der Waals surface area contributed by atoms with E-state index in [0.717, 1.165) is 5.56 Å². The van der Waals surface area contributed by atoms with Crippen LogP contribution >= 0.6 is 0 Å². The third kappa shape index (κ3) is 5.09. The minimum atomic E-state index is -3.62. The van der Waals surface area contributed by atoms with E-state index in [1.54, 1.807) is 43.3 Å². The largest absolute Gasteiger partial charge is 0.480 e. The van der Waals surface area contributed by atoms with Crippen LogP contribution in [0.3, 0.4) is 0 Å². The second-order valence-electron chi connectivity index (χ2n) is 5.60. The van der Waals surface area contributed by atoms with Gasteiger partial charge in [0.05, 0.1) is 17.0 Å². The van der Waals surface area contributed by atoms with Crippen molar-refractivity contribution in [3.8, 4) is 17.6 Å². The van der Waals surface area contributed by atoms with Gasteiger partial charge in [0.2, 0.25) is 10.0 Å². The van der Waals surface area contributed by atoms with E-state index in [4.69, 9.17) is 10.5 Å². The average molecular weight is 372 g/mol. The van der Waals surface area contributed by atoms with Gasteiger partial charge in [-0.25, -0.2) is 8.42 Å². The zero-order valence-electron chi connectivity index (χ0n) is 14.6. The summed E-state index contributed by atoms with van der Waals surface area (Å²) in [7, 11) is -3.62. The molecule has 3 N–H and O–H groups in total. The lowest BCUT2D eigenvalue weighted by molar-refractivity contribution is 0.0997. The Bertz CT molecular complexity index is 973. The molecule has 2 aromatic carbocycles. The van der Waals surface area contributed by atoms with Crippen LogP contribution in [-0.4, -0.2) is 27.5 Å². The molecule has 0 saturated carbocycles. The third-order valence-electron chi connectivity index (χ3n) is 3.55. The van der Waals surface area contributed by atoms with Crippen molar-refractivity contribution in [2.45, 2.75) is 18.7 Å². The number of primary amides is 1. The predicted molar refractivity (Wildman–Crippen MR) is 99.3 cm³/mol. The van der Waals surface area contributed by atoms with Gasteiger partial charge in [-0.15, -0.1) is 0 Å². The molecule has 0 unspecified atom stereocenters. The Hall–Kier alpha value is -2.82. The predicted octanol–water partition coefficient (Wildman–Crippen LogP) is 1.76. The Kier molecular flexibility index (Phi) is 6.39. The molecule has 0 saturated heterocycles. The molecule has 136 valence electrons. The normalized spacial score (nSPS) is 10.7. The monoisotopic (exact) mass is 372 g/mol. The minimum absolute atomic E-state index is 0.00950. The van der Waals surface area contributed by atoms with E-state index in [1.807, 2.05) is 13.0 Å². The lowest BCUT2D eigenvalue weighted by atomic mass is 10.2. The molecule has 26 heavy (non-hydrogen) atoms. The number of rotatable bonds is 6. The number of amides is 1. The van der Waals surface area contributed by atoms with Crippen LogP contribution in [0, 0.1) is 25.7 Å². The number of carbonyl (C=O) groups is 1. The van der Waals surface area contributed by atoms with Gasteiger partial charge in [-0.1, -0.05) is 41.7 Å². The molecule has 2 rings (SSSR count). The molecule has 0 spiro atoms. The fourth-order valence-corrected chi connectivity index (χ4v) is 3.48. The zero-order valence-corrected chi connectivity index (χ0v) is 15.4. The zero-order chi connectivity index (χ0) is 19.2. The molecule has 0 radical (unpaired) electrons. The maximum Gasteiger partial charge on any atom is 0.252 e. The first-order valence-electron chi connectivity index (χ1n) is 7.85. The SMILES string of the molecule is Cc1ccc(S(=O)(=O)NCC#CCOc2ccccc2C(N)=O)c(C)c1. The summed E-state index contributed by atoms with van der Waals surface area (Å²) >= 11 is 0. The molecule has 1 amide bonds. The summed E-state index contributed by atoms with van der Waals surface area (Å²) in [6.45, 7) is 3.61. The third-order valence-corrected chi connectivity index (χ3v) is 5.11. The number of carbonyl (C=O) groups excluding carboxylic acids is 1. The number of hydrogen-bond acceptors (Lipinski definition) is 4. The van der Waals surface area contributed by atoms with Gasteiger partial charge >= 0.3 is 0 Å². The van der Waals surface area contributed by atoms with Crippen molar-refractivity contribution in [3.63, 3.8) is 0 Å². The Labute approximate surface area is 153 Å². The lowest BCUT2D eigenvalue weighted by Crippen LogP contribution is -2.24. The summed E-state index contributed by atoms with van der Waals surface area (Å²) < 4.78 is 32.4. The smallest absolute Gasteiger partial charge is 0.252 e. The van der Waals surface area contributed by atoms with E-state index in [2.05, 4.69) is 16.6 Å². The van der Waals surface area contributed by atoms with E-state index >= 15 is 0 Å². The molecule has 0 aliphatic carbocycles. The van der Waals surface area contributed by atoms with Crippen molar-refractivity contribution in [1.29, 1.82) is 0 Å². The molecule has 0 aromatic heterocycles. The first-order valence-corrected chi connectivity index (χ1v) is 9.34. The van der Waals surface area contributed by atoms with Gasteiger partial charge < -0.3 is 10.5 Å². The number of benzene rings is 2. The van der Waals surface area contributed by atoms with Crippen molar-refractivity contribution in [1.82, 2.24) is 4.72 Å². The van der Waals surface area contributed by atoms with Crippen LogP contribution < -0.4 is 15.2 Å². The second-order valence-corrected chi connectivity index (χ2v) is 7.33. The summed E-state index contributed by atoms with van der Waals surface area (Å²) in [6, 6.07) is 11.7. The summed E-state index contributed by atoms with van der Waals surface area (Å²) in [5.41, 5.74) is 7.20. The van der Waals surface area contributed by atoms with Gasteiger partial charge in [-0.05, 0) is 37.6 Å². The fourth-order valence-electron chi connectivity index (χ4n) is 2.33. The molecule has 0 atom stereocenters. The highest BCUT2D eigenvalue weighted by atomic mass is 32.2. The standard InChI is InChI=1S/C19H20N2O4S/c1-14-9-10-18(15(2)13-14)26(23,24)21-11-5-6-12-25-17-8-4-3-7-16(17)19(20)22/h3-4,7-10,13,21H,11-12H2,1-2H3,(H2,20,22). The summed E-state index contributed by atoms with van der Waals surface area (Å²) in [5, 5.41) is 0. The molecule has 6 nitrogen and oxygen atoms in total. The first-order chi connectivity index (χ1) is 12.3. The second kappa shape index (κ2) is 8.52. The molecule has 0 aliphatic heterocycles. The van der Waals surface area contributed by atoms with Crippen LogP contribution in [0.4, 0.5) is 0 Å². The van der Waals surface area contributed by atoms with E-state index in [1.165, 1.54) is 0 Å². The Morgan fingerprint density at radius 3 is 2.58 bits per heavy atom. The summed E-state index contributed by atoms with van der Waals surface area (Å²) in [4.78, 5) is 11.5. The van der Waals surface area contributed by atoms with Crippen molar-refractivity contribution in [2.24, 2.45) is 5.73 Å². The highest BCUT2D eigenvalue weighted by Gasteiger charge is 2.15. The van der Waals surface area contributed by atoms with Gasteiger partial charge in [0.1, 0.15) is 12.4 Å². The highest BCUT2D eigenvalue weighted by Crippen LogP contribution is 2.17. The van der Waals surface area contributed by atoms with E-state index in [-0.39, 0.29) is 23.6 Å². The molecule has 2 aromatic rings. The average Bonchev–Trinajstić information content (AvgIpc) is 2.57. The van der Waals surface area contributed by atoms with E-state index in [9.17, 15) is 13.2 Å². The van der Waals surface area contributed by atoms with Gasteiger partial charge in [0.15, 0.2) is 0 Å². The van der Waals surface area contributed by atoms with Crippen molar-refractivity contribution >= 4 is 15.9 Å². The molecular weight excluding hydrogens is 352 g/mol. The minimum Gasteiger partial charge on any atom is -0.480 e. The Morgan fingerprint density at radius 2 is 1.88 bits per heavy atom. The number of hydrogen-bond donors (Lipinski definition) is 2. The van der Waals surface area contributed by atoms with Crippen molar-refractivity contribution < 1.29 is 17.9 Å².